The molecule has 6 heteroatoms. The van der Waals surface area contributed by atoms with Gasteiger partial charge in [0.15, 0.2) is 0 Å². The molecule has 0 aromatic rings. The van der Waals surface area contributed by atoms with E-state index < -0.39 is 12.1 Å². The Morgan fingerprint density at radius 1 is 1.62 bits per heavy atom. The van der Waals surface area contributed by atoms with E-state index >= 15 is 0 Å². The van der Waals surface area contributed by atoms with Crippen LogP contribution in [0.4, 0.5) is 0 Å². The molecule has 0 bridgehead atoms. The average molecular weight is 227 g/mol. The second kappa shape index (κ2) is 4.39. The first-order valence-electron chi connectivity index (χ1n) is 5.54. The van der Waals surface area contributed by atoms with Crippen LogP contribution >= 0.6 is 0 Å². The third kappa shape index (κ3) is 2.17. The Hall–Kier alpha value is -1.14. The number of aliphatic hydroxyl groups is 1. The van der Waals surface area contributed by atoms with Crippen molar-refractivity contribution in [3.8, 4) is 0 Å². The van der Waals surface area contributed by atoms with Crippen molar-refractivity contribution in [1.29, 1.82) is 0 Å². The molecule has 3 atom stereocenters. The number of hydrogen-bond donors (Lipinski definition) is 3. The first-order chi connectivity index (χ1) is 7.58. The number of amides is 2. The van der Waals surface area contributed by atoms with Gasteiger partial charge in [0, 0.05) is 20.1 Å². The standard InChI is InChI=1S/C10H17N3O3/c1-13-3-2-7(10(13)16)12-9(15)8-4-6(14)5-11-8/h6-8,11,14H,2-5H2,1H3,(H,12,15). The third-order valence-electron chi connectivity index (χ3n) is 3.17. The van der Waals surface area contributed by atoms with Crippen molar-refractivity contribution in [2.75, 3.05) is 20.1 Å². The van der Waals surface area contributed by atoms with Gasteiger partial charge in [0.1, 0.15) is 6.04 Å². The SMILES string of the molecule is CN1CCC(NC(=O)C2CC(O)CN2)C1=O. The van der Waals surface area contributed by atoms with Crippen molar-refractivity contribution in [1.82, 2.24) is 15.5 Å². The van der Waals surface area contributed by atoms with Crippen LogP contribution in [0.1, 0.15) is 12.8 Å². The fourth-order valence-corrected chi connectivity index (χ4v) is 2.15. The zero-order valence-corrected chi connectivity index (χ0v) is 9.27. The van der Waals surface area contributed by atoms with Crippen LogP contribution in [0, 0.1) is 0 Å². The van der Waals surface area contributed by atoms with Crippen molar-refractivity contribution < 1.29 is 14.7 Å². The van der Waals surface area contributed by atoms with E-state index in [0.29, 0.717) is 25.9 Å². The molecule has 0 aromatic heterocycles. The highest BCUT2D eigenvalue weighted by atomic mass is 16.3. The average Bonchev–Trinajstić information content (AvgIpc) is 2.79. The van der Waals surface area contributed by atoms with Crippen LogP contribution in [-0.4, -0.2) is 60.1 Å². The molecule has 2 fully saturated rings. The van der Waals surface area contributed by atoms with Crippen LogP contribution in [0.15, 0.2) is 0 Å². The molecule has 0 aromatic carbocycles. The van der Waals surface area contributed by atoms with Gasteiger partial charge < -0.3 is 20.6 Å². The molecule has 16 heavy (non-hydrogen) atoms. The number of carbonyl (C=O) groups excluding carboxylic acids is 2. The first kappa shape index (κ1) is 11.3. The molecule has 2 heterocycles. The van der Waals surface area contributed by atoms with Crippen molar-refractivity contribution in [2.45, 2.75) is 31.0 Å². The van der Waals surface area contributed by atoms with Crippen LogP contribution in [-0.2, 0) is 9.59 Å². The summed E-state index contributed by atoms with van der Waals surface area (Å²) in [7, 11) is 1.73. The van der Waals surface area contributed by atoms with Crippen LogP contribution < -0.4 is 10.6 Å². The largest absolute Gasteiger partial charge is 0.392 e. The van der Waals surface area contributed by atoms with Gasteiger partial charge in [0.2, 0.25) is 11.8 Å². The van der Waals surface area contributed by atoms with Gasteiger partial charge in [0.25, 0.3) is 0 Å². The van der Waals surface area contributed by atoms with E-state index in [9.17, 15) is 14.7 Å². The molecular weight excluding hydrogens is 210 g/mol. The van der Waals surface area contributed by atoms with Crippen LogP contribution in [0.3, 0.4) is 0 Å². The highest BCUT2D eigenvalue weighted by molar-refractivity contribution is 5.91. The maximum atomic E-state index is 11.7. The number of likely N-dealkylation sites (N-methyl/N-ethyl adjacent to an activating group) is 1. The maximum Gasteiger partial charge on any atom is 0.244 e. The van der Waals surface area contributed by atoms with Crippen LogP contribution in [0.25, 0.3) is 0 Å². The highest BCUT2D eigenvalue weighted by Gasteiger charge is 2.34. The zero-order chi connectivity index (χ0) is 11.7. The fourth-order valence-electron chi connectivity index (χ4n) is 2.15. The molecule has 2 amide bonds. The number of likely N-dealkylation sites (tertiary alicyclic amines) is 1. The molecule has 0 saturated carbocycles. The van der Waals surface area contributed by atoms with E-state index in [1.54, 1.807) is 11.9 Å². The maximum absolute atomic E-state index is 11.7. The Kier molecular flexibility index (Phi) is 3.11. The molecule has 2 aliphatic rings. The second-order valence-electron chi connectivity index (χ2n) is 4.46. The molecule has 2 aliphatic heterocycles. The second-order valence-corrected chi connectivity index (χ2v) is 4.46. The molecule has 0 radical (unpaired) electrons. The lowest BCUT2D eigenvalue weighted by atomic mass is 10.1. The van der Waals surface area contributed by atoms with Crippen molar-refractivity contribution in [3.05, 3.63) is 0 Å². The predicted octanol–water partition coefficient (Wildman–Crippen LogP) is -1.94. The van der Waals surface area contributed by atoms with Gasteiger partial charge in [0.05, 0.1) is 12.1 Å². The van der Waals surface area contributed by atoms with E-state index in [1.807, 2.05) is 0 Å². The monoisotopic (exact) mass is 227 g/mol. The van der Waals surface area contributed by atoms with Crippen molar-refractivity contribution in [3.63, 3.8) is 0 Å². The van der Waals surface area contributed by atoms with E-state index in [0.717, 1.165) is 0 Å². The number of rotatable bonds is 2. The lowest BCUT2D eigenvalue weighted by Gasteiger charge is -2.15. The number of β-amino-alcohol motifs (C(OH)–C–C–N with tert-alkyl or cyclic N) is 1. The number of nitrogens with one attached hydrogen (secondary N) is 2. The van der Waals surface area contributed by atoms with Crippen molar-refractivity contribution in [2.24, 2.45) is 0 Å². The van der Waals surface area contributed by atoms with Gasteiger partial charge in [-0.05, 0) is 12.8 Å². The normalized spacial score (nSPS) is 34.5. The van der Waals surface area contributed by atoms with Gasteiger partial charge in [-0.2, -0.15) is 0 Å². The molecule has 90 valence electrons. The van der Waals surface area contributed by atoms with Crippen LogP contribution in [0.2, 0.25) is 0 Å². The quantitative estimate of drug-likeness (QED) is 0.512. The number of aliphatic hydroxyl groups excluding tert-OH is 1. The minimum Gasteiger partial charge on any atom is -0.392 e. The minimum absolute atomic E-state index is 0.0353. The smallest absolute Gasteiger partial charge is 0.244 e. The predicted molar refractivity (Wildman–Crippen MR) is 56.6 cm³/mol. The molecule has 2 saturated heterocycles. The number of nitrogens with zero attached hydrogens (tertiary/aromatic N) is 1. The van der Waals surface area contributed by atoms with E-state index in [1.165, 1.54) is 0 Å². The third-order valence-corrected chi connectivity index (χ3v) is 3.17. The Morgan fingerprint density at radius 3 is 2.88 bits per heavy atom. The summed E-state index contributed by atoms with van der Waals surface area (Å²) in [5.41, 5.74) is 0. The summed E-state index contributed by atoms with van der Waals surface area (Å²) in [6, 6.07) is -0.759. The van der Waals surface area contributed by atoms with Gasteiger partial charge in [-0.1, -0.05) is 0 Å². The highest BCUT2D eigenvalue weighted by Crippen LogP contribution is 2.11. The summed E-state index contributed by atoms with van der Waals surface area (Å²) in [6.45, 7) is 1.13. The van der Waals surface area contributed by atoms with Crippen LogP contribution in [0.5, 0.6) is 0 Å². The summed E-state index contributed by atoms with van der Waals surface area (Å²) in [4.78, 5) is 24.9. The summed E-state index contributed by atoms with van der Waals surface area (Å²) < 4.78 is 0. The Morgan fingerprint density at radius 2 is 2.38 bits per heavy atom. The molecule has 3 unspecified atom stereocenters. The van der Waals surface area contributed by atoms with Gasteiger partial charge in [-0.15, -0.1) is 0 Å². The van der Waals surface area contributed by atoms with Gasteiger partial charge >= 0.3 is 0 Å². The molecule has 3 N–H and O–H groups in total. The molecular formula is C10H17N3O3. The van der Waals surface area contributed by atoms with Crippen molar-refractivity contribution >= 4 is 11.8 Å². The summed E-state index contributed by atoms with van der Waals surface area (Å²) in [6.07, 6.45) is 0.622. The van der Waals surface area contributed by atoms with E-state index in [4.69, 9.17) is 0 Å². The molecule has 6 nitrogen and oxygen atoms in total. The fraction of sp³-hybridized carbons (Fsp3) is 0.800. The van der Waals surface area contributed by atoms with E-state index in [2.05, 4.69) is 10.6 Å². The Balaban J connectivity index is 1.86. The zero-order valence-electron chi connectivity index (χ0n) is 9.27. The molecule has 0 aliphatic carbocycles. The first-order valence-corrected chi connectivity index (χ1v) is 5.54. The van der Waals surface area contributed by atoms with Gasteiger partial charge in [-0.25, -0.2) is 0 Å². The van der Waals surface area contributed by atoms with Gasteiger partial charge in [-0.3, -0.25) is 9.59 Å². The summed E-state index contributed by atoms with van der Waals surface area (Å²) >= 11 is 0. The molecule has 0 spiro atoms. The Bertz CT molecular complexity index is 308. The number of carbonyl (C=O) groups is 2. The Labute approximate surface area is 94.0 Å². The summed E-state index contributed by atoms with van der Waals surface area (Å²) in [5, 5.41) is 14.9. The summed E-state index contributed by atoms with van der Waals surface area (Å²) in [5.74, 6) is -0.225. The molecule has 2 rings (SSSR count). The van der Waals surface area contributed by atoms with E-state index in [-0.39, 0.29) is 17.9 Å². The lowest BCUT2D eigenvalue weighted by Crippen LogP contribution is -2.47. The minimum atomic E-state index is -0.460. The topological polar surface area (TPSA) is 81.7 Å². The number of hydrogen-bond acceptors (Lipinski definition) is 4. The lowest BCUT2D eigenvalue weighted by molar-refractivity contribution is -0.132.